The number of allylic oxidation sites excluding steroid dienone is 1. The molecule has 0 radical (unpaired) electrons. The zero-order chi connectivity index (χ0) is 21.4. The van der Waals surface area contributed by atoms with Gasteiger partial charge in [-0.25, -0.2) is 4.79 Å². The van der Waals surface area contributed by atoms with Gasteiger partial charge in [0.15, 0.2) is 0 Å². The molecule has 1 atom stereocenters. The molecule has 2 aromatic carbocycles. The van der Waals surface area contributed by atoms with Crippen molar-refractivity contribution < 1.29 is 14.3 Å². The molecule has 1 aliphatic heterocycles. The third kappa shape index (κ3) is 3.08. The highest BCUT2D eigenvalue weighted by molar-refractivity contribution is 5.89. The molecule has 0 unspecified atom stereocenters. The van der Waals surface area contributed by atoms with Crippen LogP contribution in [0.1, 0.15) is 38.5 Å². The molecule has 4 rings (SSSR count). The summed E-state index contributed by atoms with van der Waals surface area (Å²) in [4.78, 5) is 11.8. The van der Waals surface area contributed by atoms with Gasteiger partial charge in [0.2, 0.25) is 11.8 Å². The molecule has 0 fully saturated rings. The van der Waals surface area contributed by atoms with Crippen molar-refractivity contribution in [2.45, 2.75) is 19.8 Å². The molecule has 3 aromatic rings. The van der Waals surface area contributed by atoms with Gasteiger partial charge in [-0.3, -0.25) is 5.10 Å². The van der Waals surface area contributed by atoms with Crippen molar-refractivity contribution in [3.8, 4) is 23.2 Å². The first-order chi connectivity index (χ1) is 14.4. The second kappa shape index (κ2) is 7.41. The van der Waals surface area contributed by atoms with E-state index in [1.54, 1.807) is 24.3 Å². The number of nitrogens with one attached hydrogen (secondary N) is 1. The van der Waals surface area contributed by atoms with Crippen molar-refractivity contribution >= 4 is 5.97 Å². The number of hydrogen-bond donors (Lipinski definition) is 2. The standard InChI is InChI=1S/C23H20N4O3/c1-12-4-9-16(13(2)10-12)20-19-18(14-5-7-15(8-6-14)23(28)29-3)17(11-24)21(25)30-22(19)27-26-20/h4-10,18H,25H2,1-3H3,(H,26,27)/t18-/m0/s1. The van der Waals surface area contributed by atoms with Crippen LogP contribution >= 0.6 is 0 Å². The van der Waals surface area contributed by atoms with E-state index in [-0.39, 0.29) is 5.88 Å². The highest BCUT2D eigenvalue weighted by Crippen LogP contribution is 2.46. The number of hydrogen-bond acceptors (Lipinski definition) is 6. The minimum atomic E-state index is -0.486. The summed E-state index contributed by atoms with van der Waals surface area (Å²) < 4.78 is 10.4. The lowest BCUT2D eigenvalue weighted by atomic mass is 9.82. The minimum Gasteiger partial charge on any atom is -0.465 e. The number of rotatable bonds is 3. The number of H-pyrrole nitrogens is 1. The fraction of sp³-hybridized carbons (Fsp3) is 0.174. The van der Waals surface area contributed by atoms with Gasteiger partial charge in [-0.2, -0.15) is 5.26 Å². The number of nitriles is 1. The van der Waals surface area contributed by atoms with Crippen molar-refractivity contribution in [3.63, 3.8) is 0 Å². The van der Waals surface area contributed by atoms with Crippen LogP contribution in [0, 0.1) is 25.2 Å². The van der Waals surface area contributed by atoms with Gasteiger partial charge >= 0.3 is 5.97 Å². The number of nitrogens with zero attached hydrogens (tertiary/aromatic N) is 2. The van der Waals surface area contributed by atoms with Crippen molar-refractivity contribution in [1.82, 2.24) is 10.2 Å². The lowest BCUT2D eigenvalue weighted by molar-refractivity contribution is 0.0600. The second-order valence-corrected chi connectivity index (χ2v) is 7.17. The molecule has 30 heavy (non-hydrogen) atoms. The van der Waals surface area contributed by atoms with Crippen molar-refractivity contribution in [2.75, 3.05) is 7.11 Å². The van der Waals surface area contributed by atoms with Gasteiger partial charge in [-0.15, -0.1) is 5.10 Å². The van der Waals surface area contributed by atoms with Crippen LogP contribution in [-0.4, -0.2) is 23.3 Å². The summed E-state index contributed by atoms with van der Waals surface area (Å²) in [5.74, 6) is -0.557. The van der Waals surface area contributed by atoms with E-state index in [9.17, 15) is 10.1 Å². The summed E-state index contributed by atoms with van der Waals surface area (Å²) in [6.07, 6.45) is 0. The first kappa shape index (κ1) is 19.3. The third-order valence-corrected chi connectivity index (χ3v) is 5.26. The molecule has 1 aromatic heterocycles. The molecule has 0 bridgehead atoms. The molecule has 0 aliphatic carbocycles. The highest BCUT2D eigenvalue weighted by Gasteiger charge is 2.35. The highest BCUT2D eigenvalue weighted by atomic mass is 16.5. The summed E-state index contributed by atoms with van der Waals surface area (Å²) in [7, 11) is 1.33. The molecule has 1 aliphatic rings. The summed E-state index contributed by atoms with van der Waals surface area (Å²) in [5.41, 5.74) is 12.2. The average Bonchev–Trinajstić information content (AvgIpc) is 3.15. The number of aryl methyl sites for hydroxylation is 2. The predicted octanol–water partition coefficient (Wildman–Crippen LogP) is 3.70. The summed E-state index contributed by atoms with van der Waals surface area (Å²) in [5, 5.41) is 17.2. The van der Waals surface area contributed by atoms with Crippen LogP contribution in [0.4, 0.5) is 0 Å². The average molecular weight is 400 g/mol. The normalized spacial score (nSPS) is 15.2. The third-order valence-electron chi connectivity index (χ3n) is 5.26. The van der Waals surface area contributed by atoms with Gasteiger partial charge in [0.25, 0.3) is 0 Å². The molecule has 0 spiro atoms. The Morgan fingerprint density at radius 1 is 1.23 bits per heavy atom. The Morgan fingerprint density at radius 3 is 2.60 bits per heavy atom. The van der Waals surface area contributed by atoms with Crippen LogP contribution in [0.2, 0.25) is 0 Å². The summed E-state index contributed by atoms with van der Waals surface area (Å²) in [6, 6.07) is 15.2. The molecule has 7 nitrogen and oxygen atoms in total. The Morgan fingerprint density at radius 2 is 1.97 bits per heavy atom. The molecule has 0 amide bonds. The van der Waals surface area contributed by atoms with Crippen LogP contribution < -0.4 is 10.5 Å². The first-order valence-corrected chi connectivity index (χ1v) is 9.36. The van der Waals surface area contributed by atoms with Gasteiger partial charge in [0.05, 0.1) is 29.8 Å². The molecule has 3 N–H and O–H groups in total. The molecular formula is C23H20N4O3. The molecule has 0 saturated heterocycles. The number of methoxy groups -OCH3 is 1. The smallest absolute Gasteiger partial charge is 0.337 e. The van der Waals surface area contributed by atoms with Crippen LogP contribution in [0.15, 0.2) is 53.9 Å². The summed E-state index contributed by atoms with van der Waals surface area (Å²) in [6.45, 7) is 4.06. The number of carbonyl (C=O) groups is 1. The molecule has 150 valence electrons. The largest absolute Gasteiger partial charge is 0.465 e. The van der Waals surface area contributed by atoms with Gasteiger partial charge in [0, 0.05) is 5.56 Å². The topological polar surface area (TPSA) is 114 Å². The van der Waals surface area contributed by atoms with Crippen molar-refractivity contribution in [2.24, 2.45) is 5.73 Å². The maximum Gasteiger partial charge on any atom is 0.337 e. The lowest BCUT2D eigenvalue weighted by Gasteiger charge is -2.24. The number of aromatic nitrogens is 2. The van der Waals surface area contributed by atoms with Crippen LogP contribution in [0.25, 0.3) is 11.3 Å². The number of ether oxygens (including phenoxy) is 2. The summed E-state index contributed by atoms with van der Waals surface area (Å²) >= 11 is 0. The molecule has 7 heteroatoms. The quantitative estimate of drug-likeness (QED) is 0.648. The van der Waals surface area contributed by atoms with E-state index >= 15 is 0 Å². The SMILES string of the molecule is COC(=O)c1ccc([C@H]2C(C#N)=C(N)Oc3n[nH]c(-c4ccc(C)cc4C)c32)cc1. The minimum absolute atomic E-state index is 0.0192. The number of aromatic amines is 1. The molecule has 0 saturated carbocycles. The molecule has 2 heterocycles. The number of benzene rings is 2. The number of nitrogens with two attached hydrogens (primary N) is 1. The number of esters is 1. The van der Waals surface area contributed by atoms with E-state index in [1.165, 1.54) is 7.11 Å². The van der Waals surface area contributed by atoms with Crippen LogP contribution in [0.5, 0.6) is 5.88 Å². The molecular weight excluding hydrogens is 380 g/mol. The zero-order valence-corrected chi connectivity index (χ0v) is 16.8. The predicted molar refractivity (Wildman–Crippen MR) is 111 cm³/mol. The van der Waals surface area contributed by atoms with E-state index in [2.05, 4.69) is 22.3 Å². The zero-order valence-electron chi connectivity index (χ0n) is 16.8. The lowest BCUT2D eigenvalue weighted by Crippen LogP contribution is -2.21. The van der Waals surface area contributed by atoms with Gasteiger partial charge in [-0.05, 0) is 37.1 Å². The number of fused-ring (bicyclic) bond motifs is 1. The fourth-order valence-corrected chi connectivity index (χ4v) is 3.81. The van der Waals surface area contributed by atoms with E-state index in [0.717, 1.165) is 33.5 Å². The second-order valence-electron chi connectivity index (χ2n) is 7.17. The van der Waals surface area contributed by atoms with E-state index in [1.807, 2.05) is 26.0 Å². The van der Waals surface area contributed by atoms with E-state index in [0.29, 0.717) is 17.0 Å². The van der Waals surface area contributed by atoms with Crippen LogP contribution in [-0.2, 0) is 4.74 Å². The van der Waals surface area contributed by atoms with Gasteiger partial charge < -0.3 is 15.2 Å². The Bertz CT molecular complexity index is 1220. The Balaban J connectivity index is 1.90. The Hall–Kier alpha value is -4.05. The maximum atomic E-state index is 11.8. The van der Waals surface area contributed by atoms with E-state index < -0.39 is 11.9 Å². The number of carbonyl (C=O) groups excluding carboxylic acids is 1. The van der Waals surface area contributed by atoms with E-state index in [4.69, 9.17) is 15.2 Å². The Labute approximate surface area is 173 Å². The van der Waals surface area contributed by atoms with Gasteiger partial charge in [-0.1, -0.05) is 35.9 Å². The monoisotopic (exact) mass is 400 g/mol. The van der Waals surface area contributed by atoms with Crippen LogP contribution in [0.3, 0.4) is 0 Å². The van der Waals surface area contributed by atoms with Gasteiger partial charge in [0.1, 0.15) is 11.6 Å². The van der Waals surface area contributed by atoms with Crippen molar-refractivity contribution in [3.05, 3.63) is 81.7 Å². The fourth-order valence-electron chi connectivity index (χ4n) is 3.81. The first-order valence-electron chi connectivity index (χ1n) is 9.36. The van der Waals surface area contributed by atoms with Crippen molar-refractivity contribution in [1.29, 1.82) is 5.26 Å². The maximum absolute atomic E-state index is 11.8. The Kier molecular flexibility index (Phi) is 4.76.